The number of carboxylic acids is 1. The van der Waals surface area contributed by atoms with Crippen molar-refractivity contribution >= 4 is 11.7 Å². The molecule has 3 nitrogen and oxygen atoms in total. The first-order valence-electron chi connectivity index (χ1n) is 6.96. The Bertz CT molecular complexity index is 613. The molecule has 0 aliphatic carbocycles. The molecule has 0 saturated heterocycles. The molecule has 0 heterocycles. The van der Waals surface area contributed by atoms with Crippen LogP contribution in [0.2, 0.25) is 0 Å². The zero-order chi connectivity index (χ0) is 15.2. The number of halogens is 1. The molecule has 4 heteroatoms. The fraction of sp³-hybridized carbons (Fsp3) is 0.235. The number of hydrogen-bond donors (Lipinski definition) is 2. The molecular weight excluding hydrogens is 269 g/mol. The van der Waals surface area contributed by atoms with Crippen LogP contribution in [0.25, 0.3) is 0 Å². The monoisotopic (exact) mass is 287 g/mol. The van der Waals surface area contributed by atoms with Crippen molar-refractivity contribution < 1.29 is 14.3 Å². The summed E-state index contributed by atoms with van der Waals surface area (Å²) < 4.78 is 13.4. The Morgan fingerprint density at radius 1 is 1.24 bits per heavy atom. The number of rotatable bonds is 6. The highest BCUT2D eigenvalue weighted by molar-refractivity contribution is 5.89. The van der Waals surface area contributed by atoms with E-state index < -0.39 is 11.8 Å². The van der Waals surface area contributed by atoms with Gasteiger partial charge in [0.1, 0.15) is 5.82 Å². The number of carbonyl (C=O) groups is 1. The maximum atomic E-state index is 13.4. The van der Waals surface area contributed by atoms with Gasteiger partial charge in [-0.3, -0.25) is 0 Å². The van der Waals surface area contributed by atoms with E-state index in [0.717, 1.165) is 18.4 Å². The van der Waals surface area contributed by atoms with Crippen molar-refractivity contribution in [3.05, 3.63) is 65.5 Å². The lowest BCUT2D eigenvalue weighted by atomic mass is 10.0. The van der Waals surface area contributed by atoms with Crippen molar-refractivity contribution in [2.24, 2.45) is 0 Å². The normalized spacial score (nSPS) is 11.9. The fourth-order valence-electron chi connectivity index (χ4n) is 2.28. The van der Waals surface area contributed by atoms with E-state index in [1.165, 1.54) is 12.1 Å². The summed E-state index contributed by atoms with van der Waals surface area (Å²) in [5, 5.41) is 12.3. The van der Waals surface area contributed by atoms with Gasteiger partial charge in [0, 0.05) is 5.69 Å². The summed E-state index contributed by atoms with van der Waals surface area (Å²) in [6, 6.07) is 14.1. The van der Waals surface area contributed by atoms with Crippen molar-refractivity contribution in [2.45, 2.75) is 25.8 Å². The highest BCUT2D eigenvalue weighted by Gasteiger charge is 2.14. The summed E-state index contributed by atoms with van der Waals surface area (Å²) in [6.07, 6.45) is 1.89. The minimum atomic E-state index is -1.26. The molecule has 21 heavy (non-hydrogen) atoms. The van der Waals surface area contributed by atoms with Gasteiger partial charge in [0.05, 0.1) is 11.6 Å². The van der Waals surface area contributed by atoms with Crippen LogP contribution >= 0.6 is 0 Å². The molecular formula is C17H18FNO2. The van der Waals surface area contributed by atoms with E-state index in [1.54, 1.807) is 6.07 Å². The van der Waals surface area contributed by atoms with Crippen LogP contribution in [0.3, 0.4) is 0 Å². The molecule has 0 amide bonds. The maximum absolute atomic E-state index is 13.4. The van der Waals surface area contributed by atoms with Gasteiger partial charge in [-0.25, -0.2) is 9.18 Å². The second kappa shape index (κ2) is 6.88. The average molecular weight is 287 g/mol. The summed E-state index contributed by atoms with van der Waals surface area (Å²) in [5.74, 6) is -1.98. The van der Waals surface area contributed by atoms with Gasteiger partial charge in [0.2, 0.25) is 0 Å². The molecule has 1 unspecified atom stereocenters. The Morgan fingerprint density at radius 3 is 2.57 bits per heavy atom. The van der Waals surface area contributed by atoms with Crippen LogP contribution < -0.4 is 5.32 Å². The van der Waals surface area contributed by atoms with E-state index in [1.807, 2.05) is 30.3 Å². The van der Waals surface area contributed by atoms with Gasteiger partial charge in [-0.1, -0.05) is 43.7 Å². The molecule has 2 aromatic carbocycles. The van der Waals surface area contributed by atoms with E-state index in [9.17, 15) is 9.18 Å². The van der Waals surface area contributed by atoms with Crippen molar-refractivity contribution in [1.29, 1.82) is 0 Å². The van der Waals surface area contributed by atoms with Crippen LogP contribution in [-0.2, 0) is 0 Å². The zero-order valence-electron chi connectivity index (χ0n) is 11.8. The lowest BCUT2D eigenvalue weighted by Gasteiger charge is -2.20. The van der Waals surface area contributed by atoms with E-state index >= 15 is 0 Å². The fourth-order valence-corrected chi connectivity index (χ4v) is 2.28. The molecule has 2 N–H and O–H groups in total. The van der Waals surface area contributed by atoms with E-state index in [4.69, 9.17) is 5.11 Å². The lowest BCUT2D eigenvalue weighted by molar-refractivity contribution is 0.0692. The van der Waals surface area contributed by atoms with Gasteiger partial charge in [0.25, 0.3) is 0 Å². The average Bonchev–Trinajstić information content (AvgIpc) is 2.49. The van der Waals surface area contributed by atoms with E-state index in [2.05, 4.69) is 12.2 Å². The van der Waals surface area contributed by atoms with Crippen LogP contribution in [-0.4, -0.2) is 11.1 Å². The smallest absolute Gasteiger partial charge is 0.338 e. The van der Waals surface area contributed by atoms with Crippen molar-refractivity contribution in [2.75, 3.05) is 5.32 Å². The van der Waals surface area contributed by atoms with Gasteiger partial charge >= 0.3 is 5.97 Å². The van der Waals surface area contributed by atoms with Crippen LogP contribution in [0, 0.1) is 5.82 Å². The molecule has 2 aromatic rings. The Kier molecular flexibility index (Phi) is 4.93. The predicted molar refractivity (Wildman–Crippen MR) is 81.1 cm³/mol. The third-order valence-electron chi connectivity index (χ3n) is 3.32. The quantitative estimate of drug-likeness (QED) is 0.823. The first-order chi connectivity index (χ1) is 10.1. The number of carboxylic acid groups (broad SMARTS) is 1. The van der Waals surface area contributed by atoms with Gasteiger partial charge in [-0.05, 0) is 30.2 Å². The molecule has 0 aromatic heterocycles. The van der Waals surface area contributed by atoms with Crippen molar-refractivity contribution in [1.82, 2.24) is 0 Å². The number of hydrogen-bond acceptors (Lipinski definition) is 2. The molecule has 1 atom stereocenters. The van der Waals surface area contributed by atoms with Crippen LogP contribution in [0.1, 0.15) is 41.7 Å². The van der Waals surface area contributed by atoms with Gasteiger partial charge in [-0.2, -0.15) is 0 Å². The summed E-state index contributed by atoms with van der Waals surface area (Å²) in [4.78, 5) is 11.0. The van der Waals surface area contributed by atoms with Crippen molar-refractivity contribution in [3.8, 4) is 0 Å². The number of nitrogens with one attached hydrogen (secondary N) is 1. The zero-order valence-corrected chi connectivity index (χ0v) is 11.8. The summed E-state index contributed by atoms with van der Waals surface area (Å²) in [6.45, 7) is 2.09. The van der Waals surface area contributed by atoms with Gasteiger partial charge in [0.15, 0.2) is 0 Å². The molecule has 0 spiro atoms. The topological polar surface area (TPSA) is 49.3 Å². The Labute approximate surface area is 123 Å². The molecule has 0 radical (unpaired) electrons. The first-order valence-corrected chi connectivity index (χ1v) is 6.96. The highest BCUT2D eigenvalue weighted by Crippen LogP contribution is 2.25. The second-order valence-corrected chi connectivity index (χ2v) is 4.90. The van der Waals surface area contributed by atoms with Gasteiger partial charge < -0.3 is 10.4 Å². The van der Waals surface area contributed by atoms with Gasteiger partial charge in [-0.15, -0.1) is 0 Å². The largest absolute Gasteiger partial charge is 0.478 e. The number of aromatic carboxylic acids is 1. The van der Waals surface area contributed by atoms with Crippen LogP contribution in [0.5, 0.6) is 0 Å². The minimum absolute atomic E-state index is 0.0725. The highest BCUT2D eigenvalue weighted by atomic mass is 19.1. The Morgan fingerprint density at radius 2 is 1.95 bits per heavy atom. The first kappa shape index (κ1) is 15.0. The van der Waals surface area contributed by atoms with Crippen molar-refractivity contribution in [3.63, 3.8) is 0 Å². The van der Waals surface area contributed by atoms with E-state index in [0.29, 0.717) is 5.69 Å². The molecule has 0 aliphatic rings. The van der Waals surface area contributed by atoms with Crippen LogP contribution in [0.15, 0.2) is 48.5 Å². The Balaban J connectivity index is 2.25. The van der Waals surface area contributed by atoms with Crippen LogP contribution in [0.4, 0.5) is 10.1 Å². The second-order valence-electron chi connectivity index (χ2n) is 4.90. The molecule has 0 fully saturated rings. The SMILES string of the molecule is CCCC(Nc1ccc(F)c(C(=O)O)c1)c1ccccc1. The Hall–Kier alpha value is -2.36. The maximum Gasteiger partial charge on any atom is 0.338 e. The number of anilines is 1. The lowest BCUT2D eigenvalue weighted by Crippen LogP contribution is -2.11. The molecule has 0 saturated carbocycles. The molecule has 2 rings (SSSR count). The predicted octanol–water partition coefficient (Wildman–Crippen LogP) is 4.48. The summed E-state index contributed by atoms with van der Waals surface area (Å²) in [5.41, 5.74) is 1.42. The van der Waals surface area contributed by atoms with E-state index in [-0.39, 0.29) is 11.6 Å². The molecule has 0 aliphatic heterocycles. The standard InChI is InChI=1S/C17H18FNO2/c1-2-6-16(12-7-4-3-5-8-12)19-13-9-10-15(18)14(11-13)17(20)21/h3-5,7-11,16,19H,2,6H2,1H3,(H,20,21). The summed E-state index contributed by atoms with van der Waals surface area (Å²) >= 11 is 0. The third-order valence-corrected chi connectivity index (χ3v) is 3.32. The number of benzene rings is 2. The summed E-state index contributed by atoms with van der Waals surface area (Å²) in [7, 11) is 0. The third kappa shape index (κ3) is 3.81. The molecule has 110 valence electrons. The molecule has 0 bridgehead atoms. The minimum Gasteiger partial charge on any atom is -0.478 e.